The van der Waals surface area contributed by atoms with Crippen LogP contribution in [0.2, 0.25) is 0 Å². The van der Waals surface area contributed by atoms with Gasteiger partial charge in [-0.05, 0) is 31.5 Å². The number of piperazine rings is 1. The molecule has 1 aliphatic heterocycles. The quantitative estimate of drug-likeness (QED) is 0.292. The summed E-state index contributed by atoms with van der Waals surface area (Å²) < 4.78 is 0. The van der Waals surface area contributed by atoms with Crippen LogP contribution in [0.5, 0.6) is 0 Å². The summed E-state index contributed by atoms with van der Waals surface area (Å²) in [5.74, 6) is 0.891. The van der Waals surface area contributed by atoms with E-state index in [0.29, 0.717) is 19.6 Å². The molecule has 1 saturated heterocycles. The molecular weight excluding hydrogens is 499 g/mol. The number of rotatable bonds is 7. The summed E-state index contributed by atoms with van der Waals surface area (Å²) in [6, 6.07) is 8.28. The number of aliphatic imine (C=N–C) groups is 1. The Balaban J connectivity index is 0.00000300. The fourth-order valence-electron chi connectivity index (χ4n) is 2.99. The Morgan fingerprint density at radius 3 is 2.76 bits per heavy atom. The van der Waals surface area contributed by atoms with Crippen molar-refractivity contribution in [3.05, 3.63) is 45.9 Å². The molecule has 3 rings (SSSR count). The van der Waals surface area contributed by atoms with Crippen molar-refractivity contribution in [2.45, 2.75) is 26.8 Å². The first-order chi connectivity index (χ1) is 13.6. The van der Waals surface area contributed by atoms with Gasteiger partial charge >= 0.3 is 0 Å². The number of hydrogen-bond acceptors (Lipinski definition) is 5. The number of nitrogens with zero attached hydrogens (tertiary/aromatic N) is 3. The molecule has 1 aromatic carbocycles. The van der Waals surface area contributed by atoms with E-state index in [2.05, 4.69) is 68.9 Å². The molecule has 29 heavy (non-hydrogen) atoms. The van der Waals surface area contributed by atoms with Crippen molar-refractivity contribution in [3.8, 4) is 0 Å². The van der Waals surface area contributed by atoms with E-state index in [-0.39, 0.29) is 29.9 Å². The normalized spacial score (nSPS) is 14.2. The molecule has 2 aromatic rings. The zero-order chi connectivity index (χ0) is 19.8. The third kappa shape index (κ3) is 7.46. The third-order valence-electron chi connectivity index (χ3n) is 4.40. The number of halogens is 1. The number of guanidine groups is 1. The standard InChI is InChI=1S/C20H28N6OS.HI/c1-3-21-20(23-9-8-19-24-12-15(2)28-19)25-13-16-4-6-17(7-5-16)26-11-10-22-18(27)14-26;/h4-7,12H,3,8-11,13-14H2,1-2H3,(H,22,27)(H2,21,23,25);1H. The smallest absolute Gasteiger partial charge is 0.239 e. The van der Waals surface area contributed by atoms with Gasteiger partial charge in [0, 0.05) is 49.4 Å². The molecule has 0 radical (unpaired) electrons. The van der Waals surface area contributed by atoms with Gasteiger partial charge < -0.3 is 20.9 Å². The molecule has 158 valence electrons. The number of thiazole rings is 1. The molecule has 0 unspecified atom stereocenters. The molecule has 0 bridgehead atoms. The van der Waals surface area contributed by atoms with E-state index < -0.39 is 0 Å². The minimum absolute atomic E-state index is 0. The molecule has 1 fully saturated rings. The Morgan fingerprint density at radius 1 is 1.31 bits per heavy atom. The minimum atomic E-state index is 0. The van der Waals surface area contributed by atoms with Gasteiger partial charge in [-0.15, -0.1) is 35.3 Å². The van der Waals surface area contributed by atoms with Crippen LogP contribution >= 0.6 is 35.3 Å². The summed E-state index contributed by atoms with van der Waals surface area (Å²) in [6.07, 6.45) is 2.81. The van der Waals surface area contributed by atoms with Crippen molar-refractivity contribution in [3.63, 3.8) is 0 Å². The van der Waals surface area contributed by atoms with Crippen LogP contribution in [0.1, 0.15) is 22.4 Å². The summed E-state index contributed by atoms with van der Waals surface area (Å²) in [5, 5.41) is 10.6. The number of anilines is 1. The van der Waals surface area contributed by atoms with Crippen molar-refractivity contribution in [1.82, 2.24) is 20.9 Å². The topological polar surface area (TPSA) is 81.7 Å². The van der Waals surface area contributed by atoms with Crippen LogP contribution in [0.25, 0.3) is 0 Å². The van der Waals surface area contributed by atoms with Crippen LogP contribution in [0.15, 0.2) is 35.5 Å². The highest BCUT2D eigenvalue weighted by Gasteiger charge is 2.16. The molecule has 0 saturated carbocycles. The number of benzene rings is 1. The lowest BCUT2D eigenvalue weighted by Crippen LogP contribution is -2.47. The molecule has 2 heterocycles. The molecule has 1 aliphatic rings. The number of aromatic nitrogens is 1. The second-order valence-corrected chi connectivity index (χ2v) is 7.99. The van der Waals surface area contributed by atoms with Gasteiger partial charge in [0.25, 0.3) is 0 Å². The molecule has 0 spiro atoms. The largest absolute Gasteiger partial charge is 0.360 e. The lowest BCUT2D eigenvalue weighted by molar-refractivity contribution is -0.120. The van der Waals surface area contributed by atoms with Crippen LogP contribution in [0.3, 0.4) is 0 Å². The van der Waals surface area contributed by atoms with Gasteiger partial charge in [-0.2, -0.15) is 0 Å². The van der Waals surface area contributed by atoms with Crippen LogP contribution in [-0.2, 0) is 17.8 Å². The minimum Gasteiger partial charge on any atom is -0.360 e. The maximum atomic E-state index is 11.5. The van der Waals surface area contributed by atoms with E-state index in [4.69, 9.17) is 0 Å². The van der Waals surface area contributed by atoms with Crippen LogP contribution in [0.4, 0.5) is 5.69 Å². The molecule has 1 aromatic heterocycles. The summed E-state index contributed by atoms with van der Waals surface area (Å²) in [5.41, 5.74) is 2.21. The van der Waals surface area contributed by atoms with E-state index >= 15 is 0 Å². The van der Waals surface area contributed by atoms with Crippen LogP contribution in [-0.4, -0.2) is 49.6 Å². The van der Waals surface area contributed by atoms with Gasteiger partial charge in [-0.3, -0.25) is 4.79 Å². The van der Waals surface area contributed by atoms with Crippen LogP contribution in [0, 0.1) is 6.92 Å². The maximum Gasteiger partial charge on any atom is 0.239 e. The van der Waals surface area contributed by atoms with E-state index in [1.165, 1.54) is 4.88 Å². The lowest BCUT2D eigenvalue weighted by Gasteiger charge is -2.28. The number of amides is 1. The Kier molecular flexibility index (Phi) is 9.65. The lowest BCUT2D eigenvalue weighted by atomic mass is 10.2. The second-order valence-electron chi connectivity index (χ2n) is 6.67. The fourth-order valence-corrected chi connectivity index (χ4v) is 3.77. The maximum absolute atomic E-state index is 11.5. The van der Waals surface area contributed by atoms with Crippen molar-refractivity contribution >= 4 is 52.9 Å². The van der Waals surface area contributed by atoms with Gasteiger partial charge in [-0.1, -0.05) is 12.1 Å². The van der Waals surface area contributed by atoms with Gasteiger partial charge in [0.15, 0.2) is 5.96 Å². The number of carbonyl (C=O) groups excluding carboxylic acids is 1. The first-order valence-electron chi connectivity index (χ1n) is 9.68. The monoisotopic (exact) mass is 528 g/mol. The van der Waals surface area contributed by atoms with E-state index in [1.807, 2.05) is 6.20 Å². The highest BCUT2D eigenvalue weighted by atomic mass is 127. The Morgan fingerprint density at radius 2 is 2.10 bits per heavy atom. The number of nitrogens with one attached hydrogen (secondary N) is 3. The molecule has 9 heteroatoms. The molecule has 0 aliphatic carbocycles. The molecule has 1 amide bonds. The summed E-state index contributed by atoms with van der Waals surface area (Å²) in [7, 11) is 0. The van der Waals surface area contributed by atoms with Gasteiger partial charge in [0.2, 0.25) is 5.91 Å². The van der Waals surface area contributed by atoms with Crippen molar-refractivity contribution < 1.29 is 4.79 Å². The molecular formula is C20H29IN6OS. The SMILES string of the molecule is CCNC(=NCc1ccc(N2CCNC(=O)C2)cc1)NCCc1ncc(C)s1.I. The van der Waals surface area contributed by atoms with E-state index in [1.54, 1.807) is 11.3 Å². The zero-order valence-corrected chi connectivity index (χ0v) is 20.0. The van der Waals surface area contributed by atoms with Crippen molar-refractivity contribution in [1.29, 1.82) is 0 Å². The van der Waals surface area contributed by atoms with Crippen molar-refractivity contribution in [2.24, 2.45) is 4.99 Å². The van der Waals surface area contributed by atoms with E-state index in [0.717, 1.165) is 48.3 Å². The van der Waals surface area contributed by atoms with Crippen LogP contribution < -0.4 is 20.9 Å². The summed E-state index contributed by atoms with van der Waals surface area (Å²) >= 11 is 1.74. The predicted octanol–water partition coefficient (Wildman–Crippen LogP) is 2.30. The molecule has 0 atom stereocenters. The Bertz CT molecular complexity index is 808. The highest BCUT2D eigenvalue weighted by molar-refractivity contribution is 14.0. The summed E-state index contributed by atoms with van der Waals surface area (Å²) in [4.78, 5) is 23.9. The van der Waals surface area contributed by atoms with E-state index in [9.17, 15) is 4.79 Å². The number of carbonyl (C=O) groups is 1. The zero-order valence-electron chi connectivity index (χ0n) is 16.9. The average molecular weight is 528 g/mol. The Hall–Kier alpha value is -1.88. The number of hydrogen-bond donors (Lipinski definition) is 3. The molecule has 3 N–H and O–H groups in total. The highest BCUT2D eigenvalue weighted by Crippen LogP contribution is 2.16. The average Bonchev–Trinajstić information content (AvgIpc) is 3.11. The summed E-state index contributed by atoms with van der Waals surface area (Å²) in [6.45, 7) is 8.32. The van der Waals surface area contributed by atoms with Gasteiger partial charge in [0.05, 0.1) is 18.1 Å². The number of aryl methyl sites for hydroxylation is 1. The fraction of sp³-hybridized carbons (Fsp3) is 0.450. The Labute approximate surface area is 193 Å². The van der Waals surface area contributed by atoms with Gasteiger partial charge in [0.1, 0.15) is 0 Å². The van der Waals surface area contributed by atoms with Crippen molar-refractivity contribution in [2.75, 3.05) is 37.6 Å². The predicted molar refractivity (Wildman–Crippen MR) is 130 cm³/mol. The second kappa shape index (κ2) is 12.0. The first-order valence-corrected chi connectivity index (χ1v) is 10.5. The molecule has 7 nitrogen and oxygen atoms in total. The third-order valence-corrected chi connectivity index (χ3v) is 5.38. The van der Waals surface area contributed by atoms with Gasteiger partial charge in [-0.25, -0.2) is 9.98 Å². The first kappa shape index (κ1) is 23.4.